The Bertz CT molecular complexity index is 628. The van der Waals surface area contributed by atoms with E-state index >= 15 is 0 Å². The summed E-state index contributed by atoms with van der Waals surface area (Å²) in [7, 11) is 0. The third kappa shape index (κ3) is 4.03. The average Bonchev–Trinajstić information content (AvgIpc) is 2.99. The standard InChI is InChI=1S/C14H14N2O4S/c1-10(13-7-4-8-21-13)15-14(17)9-20-12-6-3-2-5-11(12)16(18)19/h2-8,10H,9H2,1H3,(H,15,17). The lowest BCUT2D eigenvalue weighted by molar-refractivity contribution is -0.385. The molecule has 7 heteroatoms. The maximum atomic E-state index is 11.8. The summed E-state index contributed by atoms with van der Waals surface area (Å²) in [6.07, 6.45) is 0. The van der Waals surface area contributed by atoms with E-state index in [4.69, 9.17) is 4.74 Å². The van der Waals surface area contributed by atoms with Crippen LogP contribution in [0, 0.1) is 10.1 Å². The highest BCUT2D eigenvalue weighted by Gasteiger charge is 2.16. The van der Waals surface area contributed by atoms with Gasteiger partial charge in [-0.2, -0.15) is 0 Å². The highest BCUT2D eigenvalue weighted by Crippen LogP contribution is 2.25. The lowest BCUT2D eigenvalue weighted by atomic mass is 10.3. The van der Waals surface area contributed by atoms with Gasteiger partial charge in [-0.1, -0.05) is 18.2 Å². The predicted molar refractivity (Wildman–Crippen MR) is 79.5 cm³/mol. The summed E-state index contributed by atoms with van der Waals surface area (Å²) >= 11 is 1.55. The molecule has 0 aliphatic heterocycles. The van der Waals surface area contributed by atoms with Crippen molar-refractivity contribution in [3.63, 3.8) is 0 Å². The number of para-hydroxylation sites is 2. The number of hydrogen-bond donors (Lipinski definition) is 1. The first-order valence-corrected chi connectivity index (χ1v) is 7.15. The molecule has 0 spiro atoms. The first-order chi connectivity index (χ1) is 10.1. The Labute approximate surface area is 125 Å². The third-order valence-corrected chi connectivity index (χ3v) is 3.82. The molecule has 1 aromatic carbocycles. The van der Waals surface area contributed by atoms with E-state index in [1.165, 1.54) is 12.1 Å². The SMILES string of the molecule is CC(NC(=O)COc1ccccc1[N+](=O)[O-])c1cccs1. The van der Waals surface area contributed by atoms with Crippen molar-refractivity contribution in [1.29, 1.82) is 0 Å². The second kappa shape index (κ2) is 6.85. The highest BCUT2D eigenvalue weighted by molar-refractivity contribution is 7.10. The number of benzene rings is 1. The van der Waals surface area contributed by atoms with Crippen LogP contribution in [0.2, 0.25) is 0 Å². The van der Waals surface area contributed by atoms with Crippen LogP contribution in [0.5, 0.6) is 5.75 Å². The van der Waals surface area contributed by atoms with Crippen LogP contribution in [0.1, 0.15) is 17.8 Å². The van der Waals surface area contributed by atoms with Gasteiger partial charge in [-0.3, -0.25) is 14.9 Å². The summed E-state index contributed by atoms with van der Waals surface area (Å²) < 4.78 is 5.23. The second-order valence-corrected chi connectivity index (χ2v) is 5.30. The van der Waals surface area contributed by atoms with E-state index in [0.29, 0.717) is 0 Å². The summed E-state index contributed by atoms with van der Waals surface area (Å²) in [6, 6.07) is 9.69. The molecule has 1 N–H and O–H groups in total. The van der Waals surface area contributed by atoms with Gasteiger partial charge in [0.25, 0.3) is 5.91 Å². The molecular formula is C14H14N2O4S. The van der Waals surface area contributed by atoms with E-state index in [0.717, 1.165) is 4.88 Å². The van der Waals surface area contributed by atoms with Gasteiger partial charge in [0, 0.05) is 10.9 Å². The maximum Gasteiger partial charge on any atom is 0.310 e. The largest absolute Gasteiger partial charge is 0.477 e. The van der Waals surface area contributed by atoms with E-state index < -0.39 is 4.92 Å². The summed E-state index contributed by atoms with van der Waals surface area (Å²) in [4.78, 5) is 23.1. The van der Waals surface area contributed by atoms with Gasteiger partial charge in [-0.25, -0.2) is 0 Å². The van der Waals surface area contributed by atoms with Crippen molar-refractivity contribution in [2.24, 2.45) is 0 Å². The molecular weight excluding hydrogens is 292 g/mol. The van der Waals surface area contributed by atoms with Gasteiger partial charge in [0.15, 0.2) is 12.4 Å². The molecule has 0 aliphatic rings. The van der Waals surface area contributed by atoms with Crippen LogP contribution in [-0.2, 0) is 4.79 Å². The molecule has 6 nitrogen and oxygen atoms in total. The van der Waals surface area contributed by atoms with Crippen LogP contribution in [0.25, 0.3) is 0 Å². The zero-order valence-corrected chi connectivity index (χ0v) is 12.1. The number of rotatable bonds is 6. The van der Waals surface area contributed by atoms with E-state index in [2.05, 4.69) is 5.32 Å². The number of nitro benzene ring substituents is 1. The monoisotopic (exact) mass is 306 g/mol. The Morgan fingerprint density at radius 2 is 2.14 bits per heavy atom. The number of hydrogen-bond acceptors (Lipinski definition) is 5. The van der Waals surface area contributed by atoms with E-state index in [9.17, 15) is 14.9 Å². The zero-order chi connectivity index (χ0) is 15.2. The summed E-state index contributed by atoms with van der Waals surface area (Å²) in [5, 5.41) is 15.5. The molecule has 2 aromatic rings. The molecule has 0 aliphatic carbocycles. The number of nitrogens with zero attached hydrogens (tertiary/aromatic N) is 1. The molecule has 2 rings (SSSR count). The number of amides is 1. The summed E-state index contributed by atoms with van der Waals surface area (Å²) in [5.74, 6) is -0.240. The maximum absolute atomic E-state index is 11.8. The molecule has 110 valence electrons. The Balaban J connectivity index is 1.91. The van der Waals surface area contributed by atoms with Crippen LogP contribution in [0.4, 0.5) is 5.69 Å². The quantitative estimate of drug-likeness (QED) is 0.657. The van der Waals surface area contributed by atoms with Crippen molar-refractivity contribution in [3.05, 3.63) is 56.8 Å². The highest BCUT2D eigenvalue weighted by atomic mass is 32.1. The van der Waals surface area contributed by atoms with E-state index in [1.54, 1.807) is 23.5 Å². The van der Waals surface area contributed by atoms with Crippen LogP contribution in [-0.4, -0.2) is 17.4 Å². The fraction of sp³-hybridized carbons (Fsp3) is 0.214. The van der Waals surface area contributed by atoms with Crippen molar-refractivity contribution < 1.29 is 14.5 Å². The summed E-state index contributed by atoms with van der Waals surface area (Å²) in [5.41, 5.74) is -0.156. The number of nitrogens with one attached hydrogen (secondary N) is 1. The number of carbonyl (C=O) groups excluding carboxylic acids is 1. The molecule has 1 atom stereocenters. The molecule has 1 aromatic heterocycles. The van der Waals surface area contributed by atoms with Crippen molar-refractivity contribution in [2.75, 3.05) is 6.61 Å². The van der Waals surface area contributed by atoms with Gasteiger partial charge in [-0.05, 0) is 24.4 Å². The van der Waals surface area contributed by atoms with E-state index in [-0.39, 0.29) is 30.0 Å². The first kappa shape index (κ1) is 15.0. The van der Waals surface area contributed by atoms with Crippen molar-refractivity contribution in [1.82, 2.24) is 5.32 Å². The first-order valence-electron chi connectivity index (χ1n) is 6.27. The van der Waals surface area contributed by atoms with Gasteiger partial charge in [0.1, 0.15) is 0 Å². The Morgan fingerprint density at radius 1 is 1.38 bits per heavy atom. The Morgan fingerprint density at radius 3 is 2.81 bits per heavy atom. The lowest BCUT2D eigenvalue weighted by Gasteiger charge is -2.12. The smallest absolute Gasteiger partial charge is 0.310 e. The van der Waals surface area contributed by atoms with Crippen molar-refractivity contribution in [3.8, 4) is 5.75 Å². The predicted octanol–water partition coefficient (Wildman–Crippen LogP) is 2.91. The van der Waals surface area contributed by atoms with Gasteiger partial charge < -0.3 is 10.1 Å². The number of ether oxygens (including phenoxy) is 1. The number of nitro groups is 1. The Kier molecular flexibility index (Phi) is 4.89. The van der Waals surface area contributed by atoms with Crippen molar-refractivity contribution >= 4 is 22.9 Å². The average molecular weight is 306 g/mol. The van der Waals surface area contributed by atoms with Crippen molar-refractivity contribution in [2.45, 2.75) is 13.0 Å². The molecule has 21 heavy (non-hydrogen) atoms. The van der Waals surface area contributed by atoms with Crippen LogP contribution >= 0.6 is 11.3 Å². The molecule has 0 radical (unpaired) electrons. The number of carbonyl (C=O) groups is 1. The number of thiophene rings is 1. The lowest BCUT2D eigenvalue weighted by Crippen LogP contribution is -2.30. The van der Waals surface area contributed by atoms with Gasteiger partial charge >= 0.3 is 5.69 Å². The summed E-state index contributed by atoms with van der Waals surface area (Å²) in [6.45, 7) is 1.61. The van der Waals surface area contributed by atoms with E-state index in [1.807, 2.05) is 24.4 Å². The fourth-order valence-corrected chi connectivity index (χ4v) is 2.50. The molecule has 1 unspecified atom stereocenters. The van der Waals surface area contributed by atoms with Crippen LogP contribution in [0.3, 0.4) is 0 Å². The van der Waals surface area contributed by atoms with Crippen LogP contribution in [0.15, 0.2) is 41.8 Å². The third-order valence-electron chi connectivity index (χ3n) is 2.77. The molecule has 0 saturated carbocycles. The zero-order valence-electron chi connectivity index (χ0n) is 11.3. The topological polar surface area (TPSA) is 81.5 Å². The van der Waals surface area contributed by atoms with Gasteiger partial charge in [-0.15, -0.1) is 11.3 Å². The minimum atomic E-state index is -0.540. The second-order valence-electron chi connectivity index (χ2n) is 4.32. The van der Waals surface area contributed by atoms with Gasteiger partial charge in [0.05, 0.1) is 11.0 Å². The minimum absolute atomic E-state index is 0.0847. The molecule has 0 fully saturated rings. The molecule has 0 saturated heterocycles. The molecule has 0 bridgehead atoms. The Hall–Kier alpha value is -2.41. The fourth-order valence-electron chi connectivity index (χ4n) is 1.77. The molecule has 1 amide bonds. The normalized spacial score (nSPS) is 11.7. The van der Waals surface area contributed by atoms with Crippen LogP contribution < -0.4 is 10.1 Å². The van der Waals surface area contributed by atoms with Gasteiger partial charge in [0.2, 0.25) is 0 Å². The minimum Gasteiger partial charge on any atom is -0.477 e. The molecule has 1 heterocycles.